The fraction of sp³-hybridized carbons (Fsp3) is 0.222. The molecule has 3 aromatic rings. The first-order valence-electron chi connectivity index (χ1n) is 7.56. The molecule has 0 bridgehead atoms. The van der Waals surface area contributed by atoms with Gasteiger partial charge in [-0.1, -0.05) is 6.07 Å². The number of nitrogens with zero attached hydrogens (tertiary/aromatic N) is 1. The number of aromatic nitrogens is 2. The first kappa shape index (κ1) is 15.9. The molecule has 6 nitrogen and oxygen atoms in total. The Morgan fingerprint density at radius 1 is 1.17 bits per heavy atom. The van der Waals surface area contributed by atoms with Gasteiger partial charge in [0.15, 0.2) is 0 Å². The molecule has 0 saturated carbocycles. The van der Waals surface area contributed by atoms with Gasteiger partial charge in [-0.05, 0) is 36.8 Å². The van der Waals surface area contributed by atoms with Crippen molar-refractivity contribution in [1.29, 1.82) is 0 Å². The third kappa shape index (κ3) is 3.32. The summed E-state index contributed by atoms with van der Waals surface area (Å²) in [4.78, 5) is 19.9. The number of methoxy groups -OCH3 is 2. The lowest BCUT2D eigenvalue weighted by atomic mass is 10.1. The standard InChI is InChI=1S/C18H19N3O3/c1-11-19-14-6-4-12(8-16(14)20-11)9-18(22)21-15-7-5-13(23-2)10-17(15)24-3/h4-8,10H,9H2,1-3H3,(H,19,20)(H,21,22). The summed E-state index contributed by atoms with van der Waals surface area (Å²) in [7, 11) is 3.14. The van der Waals surface area contributed by atoms with E-state index in [0.717, 1.165) is 22.4 Å². The number of hydrogen-bond donors (Lipinski definition) is 2. The van der Waals surface area contributed by atoms with Gasteiger partial charge in [0, 0.05) is 6.07 Å². The minimum atomic E-state index is -0.117. The number of fused-ring (bicyclic) bond motifs is 1. The Bertz CT molecular complexity index is 886. The Morgan fingerprint density at radius 2 is 2.00 bits per heavy atom. The zero-order valence-corrected chi connectivity index (χ0v) is 13.8. The van der Waals surface area contributed by atoms with Crippen LogP contribution in [0.5, 0.6) is 11.5 Å². The summed E-state index contributed by atoms with van der Waals surface area (Å²) < 4.78 is 10.4. The second kappa shape index (κ2) is 6.62. The van der Waals surface area contributed by atoms with Gasteiger partial charge in [-0.15, -0.1) is 0 Å². The van der Waals surface area contributed by atoms with E-state index in [1.165, 1.54) is 0 Å². The molecule has 0 saturated heterocycles. The number of imidazole rings is 1. The second-order valence-corrected chi connectivity index (χ2v) is 5.46. The Hall–Kier alpha value is -3.02. The fourth-order valence-corrected chi connectivity index (χ4v) is 2.58. The number of anilines is 1. The molecular weight excluding hydrogens is 306 g/mol. The Labute approximate surface area is 139 Å². The molecule has 0 aliphatic rings. The molecule has 2 N–H and O–H groups in total. The number of hydrogen-bond acceptors (Lipinski definition) is 4. The largest absolute Gasteiger partial charge is 0.497 e. The van der Waals surface area contributed by atoms with Crippen LogP contribution in [0.4, 0.5) is 5.69 Å². The highest BCUT2D eigenvalue weighted by molar-refractivity contribution is 5.94. The van der Waals surface area contributed by atoms with E-state index in [-0.39, 0.29) is 12.3 Å². The van der Waals surface area contributed by atoms with Gasteiger partial charge in [0.25, 0.3) is 0 Å². The molecule has 6 heteroatoms. The van der Waals surface area contributed by atoms with Crippen LogP contribution in [0.1, 0.15) is 11.4 Å². The second-order valence-electron chi connectivity index (χ2n) is 5.46. The maximum absolute atomic E-state index is 12.3. The highest BCUT2D eigenvalue weighted by Gasteiger charge is 2.10. The maximum atomic E-state index is 12.3. The van der Waals surface area contributed by atoms with Gasteiger partial charge in [0.05, 0.1) is 37.4 Å². The predicted octanol–water partition coefficient (Wildman–Crippen LogP) is 3.07. The molecule has 0 aliphatic carbocycles. The van der Waals surface area contributed by atoms with E-state index in [1.807, 2.05) is 25.1 Å². The minimum Gasteiger partial charge on any atom is -0.497 e. The molecule has 3 rings (SSSR count). The van der Waals surface area contributed by atoms with Crippen LogP contribution in [-0.4, -0.2) is 30.1 Å². The summed E-state index contributed by atoms with van der Waals surface area (Å²) in [5.74, 6) is 1.97. The molecule has 124 valence electrons. The Balaban J connectivity index is 1.74. The van der Waals surface area contributed by atoms with Gasteiger partial charge in [0.2, 0.25) is 5.91 Å². The van der Waals surface area contributed by atoms with Crippen molar-refractivity contribution in [2.24, 2.45) is 0 Å². The van der Waals surface area contributed by atoms with Gasteiger partial charge < -0.3 is 19.8 Å². The Kier molecular flexibility index (Phi) is 4.37. The van der Waals surface area contributed by atoms with Crippen LogP contribution in [0.25, 0.3) is 11.0 Å². The van der Waals surface area contributed by atoms with E-state index in [1.54, 1.807) is 32.4 Å². The van der Waals surface area contributed by atoms with E-state index in [9.17, 15) is 4.79 Å². The highest BCUT2D eigenvalue weighted by Crippen LogP contribution is 2.29. The number of aromatic amines is 1. The lowest BCUT2D eigenvalue weighted by molar-refractivity contribution is -0.115. The van der Waals surface area contributed by atoms with Gasteiger partial charge in [-0.3, -0.25) is 4.79 Å². The quantitative estimate of drug-likeness (QED) is 0.756. The molecule has 0 atom stereocenters. The average molecular weight is 325 g/mol. The topological polar surface area (TPSA) is 76.2 Å². The summed E-state index contributed by atoms with van der Waals surface area (Å²) >= 11 is 0. The zero-order chi connectivity index (χ0) is 17.1. The first-order chi connectivity index (χ1) is 11.6. The molecule has 0 unspecified atom stereocenters. The lowest BCUT2D eigenvalue weighted by Gasteiger charge is -2.11. The Morgan fingerprint density at radius 3 is 2.75 bits per heavy atom. The first-order valence-corrected chi connectivity index (χ1v) is 7.56. The van der Waals surface area contributed by atoms with Crippen molar-refractivity contribution in [3.63, 3.8) is 0 Å². The molecular formula is C18H19N3O3. The van der Waals surface area contributed by atoms with Crippen LogP contribution >= 0.6 is 0 Å². The summed E-state index contributed by atoms with van der Waals surface area (Å²) in [6.07, 6.45) is 0.267. The van der Waals surface area contributed by atoms with Crippen LogP contribution in [0.15, 0.2) is 36.4 Å². The van der Waals surface area contributed by atoms with E-state index < -0.39 is 0 Å². The monoisotopic (exact) mass is 325 g/mol. The number of ether oxygens (including phenoxy) is 2. The number of carbonyl (C=O) groups is 1. The average Bonchev–Trinajstić information content (AvgIpc) is 2.94. The summed E-state index contributed by atoms with van der Waals surface area (Å²) in [6, 6.07) is 11.0. The number of benzene rings is 2. The molecule has 1 amide bonds. The molecule has 1 aromatic heterocycles. The smallest absolute Gasteiger partial charge is 0.228 e. The minimum absolute atomic E-state index is 0.117. The zero-order valence-electron chi connectivity index (χ0n) is 13.8. The van der Waals surface area contributed by atoms with E-state index in [0.29, 0.717) is 17.2 Å². The number of carbonyl (C=O) groups excluding carboxylic acids is 1. The lowest BCUT2D eigenvalue weighted by Crippen LogP contribution is -2.15. The number of rotatable bonds is 5. The molecule has 0 aliphatic heterocycles. The fourth-order valence-electron chi connectivity index (χ4n) is 2.58. The van der Waals surface area contributed by atoms with Crippen molar-refractivity contribution >= 4 is 22.6 Å². The number of H-pyrrole nitrogens is 1. The van der Waals surface area contributed by atoms with Gasteiger partial charge in [-0.2, -0.15) is 0 Å². The van der Waals surface area contributed by atoms with Gasteiger partial charge in [-0.25, -0.2) is 4.98 Å². The molecule has 0 radical (unpaired) electrons. The van der Waals surface area contributed by atoms with Crippen LogP contribution in [0.2, 0.25) is 0 Å². The van der Waals surface area contributed by atoms with Crippen molar-refractivity contribution in [3.05, 3.63) is 47.8 Å². The molecule has 24 heavy (non-hydrogen) atoms. The molecule has 2 aromatic carbocycles. The van der Waals surface area contributed by atoms with E-state index >= 15 is 0 Å². The van der Waals surface area contributed by atoms with Crippen molar-refractivity contribution < 1.29 is 14.3 Å². The van der Waals surface area contributed by atoms with Crippen molar-refractivity contribution in [2.45, 2.75) is 13.3 Å². The molecule has 1 heterocycles. The van der Waals surface area contributed by atoms with Crippen LogP contribution in [0, 0.1) is 6.92 Å². The van der Waals surface area contributed by atoms with Crippen LogP contribution in [-0.2, 0) is 11.2 Å². The highest BCUT2D eigenvalue weighted by atomic mass is 16.5. The van der Waals surface area contributed by atoms with E-state index in [4.69, 9.17) is 9.47 Å². The molecule has 0 spiro atoms. The summed E-state index contributed by atoms with van der Waals surface area (Å²) in [5.41, 5.74) is 3.35. The van der Waals surface area contributed by atoms with Gasteiger partial charge >= 0.3 is 0 Å². The number of nitrogens with one attached hydrogen (secondary N) is 2. The summed E-state index contributed by atoms with van der Waals surface area (Å²) in [5, 5.41) is 2.87. The normalized spacial score (nSPS) is 10.6. The van der Waals surface area contributed by atoms with E-state index in [2.05, 4.69) is 15.3 Å². The van der Waals surface area contributed by atoms with Crippen LogP contribution in [0.3, 0.4) is 0 Å². The van der Waals surface area contributed by atoms with Crippen molar-refractivity contribution in [2.75, 3.05) is 19.5 Å². The number of amides is 1. The third-order valence-corrected chi connectivity index (χ3v) is 3.71. The molecule has 0 fully saturated rings. The SMILES string of the molecule is COc1ccc(NC(=O)Cc2ccc3nc(C)[nH]c3c2)c(OC)c1. The van der Waals surface area contributed by atoms with Crippen molar-refractivity contribution in [3.8, 4) is 11.5 Å². The van der Waals surface area contributed by atoms with Gasteiger partial charge in [0.1, 0.15) is 17.3 Å². The number of aryl methyl sites for hydroxylation is 1. The summed E-state index contributed by atoms with van der Waals surface area (Å²) in [6.45, 7) is 1.91. The predicted molar refractivity (Wildman–Crippen MR) is 92.7 cm³/mol. The maximum Gasteiger partial charge on any atom is 0.228 e. The van der Waals surface area contributed by atoms with Crippen LogP contribution < -0.4 is 14.8 Å². The van der Waals surface area contributed by atoms with Crippen molar-refractivity contribution in [1.82, 2.24) is 9.97 Å². The third-order valence-electron chi connectivity index (χ3n) is 3.71.